The van der Waals surface area contributed by atoms with E-state index < -0.39 is 9.85 Å². The number of hydrogen-bond acceptors (Lipinski definition) is 6. The van der Waals surface area contributed by atoms with Crippen LogP contribution in [0.4, 0.5) is 27.5 Å². The highest BCUT2D eigenvalue weighted by Crippen LogP contribution is 2.39. The minimum absolute atomic E-state index is 0.0109. The molecule has 10 heteroatoms. The van der Waals surface area contributed by atoms with E-state index in [0.29, 0.717) is 17.0 Å². The van der Waals surface area contributed by atoms with Gasteiger partial charge in [-0.3, -0.25) is 20.2 Å². The fourth-order valence-electron chi connectivity index (χ4n) is 3.28. The van der Waals surface area contributed by atoms with Crippen molar-refractivity contribution in [1.82, 2.24) is 4.90 Å². The van der Waals surface area contributed by atoms with Crippen molar-refractivity contribution in [2.45, 2.75) is 66.3 Å². The first-order chi connectivity index (χ1) is 16.3. The van der Waals surface area contributed by atoms with Crippen LogP contribution in [-0.2, 0) is 0 Å². The van der Waals surface area contributed by atoms with Crippen LogP contribution in [0.1, 0.15) is 63.1 Å². The van der Waals surface area contributed by atoms with Crippen LogP contribution < -0.4 is 10.6 Å². The molecule has 2 N–H and O–H groups in total. The molecule has 0 saturated heterocycles. The number of urea groups is 1. The molecule has 2 amide bonds. The highest BCUT2D eigenvalue weighted by Gasteiger charge is 2.30. The molecule has 0 saturated carbocycles. The van der Waals surface area contributed by atoms with Crippen molar-refractivity contribution in [2.75, 3.05) is 24.7 Å². The Morgan fingerprint density at radius 3 is 1.94 bits per heavy atom. The number of amides is 2. The van der Waals surface area contributed by atoms with E-state index in [0.717, 1.165) is 18.5 Å². The molecule has 0 aliphatic carbocycles. The fourth-order valence-corrected chi connectivity index (χ4v) is 3.28. The SMILES string of the molecule is CC(C)c1ccc(NC(=O)N(C)C)cc1.CCC(CC)Nc1c([N+](=O)[O-])cc(C)c(C)c1[N+](=O)[O-]. The summed E-state index contributed by atoms with van der Waals surface area (Å²) in [6.07, 6.45) is 1.47. The van der Waals surface area contributed by atoms with E-state index in [-0.39, 0.29) is 29.1 Å². The van der Waals surface area contributed by atoms with Gasteiger partial charge in [0.2, 0.25) is 0 Å². The Bertz CT molecular complexity index is 1030. The van der Waals surface area contributed by atoms with Crippen LogP contribution in [0.3, 0.4) is 0 Å². The lowest BCUT2D eigenvalue weighted by atomic mass is 10.0. The van der Waals surface area contributed by atoms with Gasteiger partial charge in [0.05, 0.1) is 9.85 Å². The van der Waals surface area contributed by atoms with Crippen LogP contribution >= 0.6 is 0 Å². The molecule has 0 aliphatic heterocycles. The molecule has 35 heavy (non-hydrogen) atoms. The Balaban J connectivity index is 0.000000365. The molecule has 192 valence electrons. The summed E-state index contributed by atoms with van der Waals surface area (Å²) in [5.74, 6) is 0.517. The van der Waals surface area contributed by atoms with E-state index in [4.69, 9.17) is 0 Å². The third-order valence-electron chi connectivity index (χ3n) is 5.74. The van der Waals surface area contributed by atoms with E-state index in [1.54, 1.807) is 27.9 Å². The zero-order valence-corrected chi connectivity index (χ0v) is 21.8. The van der Waals surface area contributed by atoms with Crippen molar-refractivity contribution >= 4 is 28.8 Å². The van der Waals surface area contributed by atoms with Crippen molar-refractivity contribution in [2.24, 2.45) is 0 Å². The van der Waals surface area contributed by atoms with E-state index in [9.17, 15) is 25.0 Å². The Labute approximate surface area is 207 Å². The van der Waals surface area contributed by atoms with E-state index >= 15 is 0 Å². The zero-order chi connectivity index (χ0) is 26.9. The Morgan fingerprint density at radius 1 is 1.00 bits per heavy atom. The quantitative estimate of drug-likeness (QED) is 0.318. The van der Waals surface area contributed by atoms with Crippen LogP contribution in [0.2, 0.25) is 0 Å². The van der Waals surface area contributed by atoms with Gasteiger partial charge < -0.3 is 15.5 Å². The minimum Gasteiger partial charge on any atom is -0.371 e. The van der Waals surface area contributed by atoms with Crippen LogP contribution in [0.15, 0.2) is 30.3 Å². The number of carbonyl (C=O) groups excluding carboxylic acids is 1. The number of nitrogens with one attached hydrogen (secondary N) is 2. The maximum absolute atomic E-state index is 11.3. The molecule has 0 aromatic heterocycles. The molecular weight excluding hydrogens is 450 g/mol. The summed E-state index contributed by atoms with van der Waals surface area (Å²) in [4.78, 5) is 34.2. The topological polar surface area (TPSA) is 131 Å². The predicted octanol–water partition coefficient (Wildman–Crippen LogP) is 6.62. The van der Waals surface area contributed by atoms with Gasteiger partial charge in [-0.15, -0.1) is 0 Å². The van der Waals surface area contributed by atoms with Crippen LogP contribution in [0.5, 0.6) is 0 Å². The smallest absolute Gasteiger partial charge is 0.321 e. The molecule has 0 heterocycles. The van der Waals surface area contributed by atoms with Gasteiger partial charge in [-0.2, -0.15) is 0 Å². The maximum Gasteiger partial charge on any atom is 0.321 e. The number of nitro groups is 2. The van der Waals surface area contributed by atoms with Gasteiger partial charge in [0, 0.05) is 37.5 Å². The summed E-state index contributed by atoms with van der Waals surface area (Å²) >= 11 is 0. The molecule has 2 rings (SSSR count). The minimum atomic E-state index is -0.579. The molecule has 0 bridgehead atoms. The standard InChI is InChI=1S/C13H19N3O4.C12H18N2O/c1-5-10(6-2)14-12-11(15(17)18)7-8(3)9(4)13(12)16(19)20;1-9(2)10-5-7-11(8-6-10)13-12(15)14(3)4/h7,10,14H,5-6H2,1-4H3;5-9H,1-4H3,(H,13,15). The highest BCUT2D eigenvalue weighted by atomic mass is 16.6. The number of rotatable bonds is 8. The summed E-state index contributed by atoms with van der Waals surface area (Å²) in [7, 11) is 3.44. The second-order valence-electron chi connectivity index (χ2n) is 8.83. The second kappa shape index (κ2) is 13.3. The third-order valence-corrected chi connectivity index (χ3v) is 5.74. The maximum atomic E-state index is 11.3. The molecule has 0 aliphatic rings. The number of anilines is 2. The van der Waals surface area contributed by atoms with Crippen LogP contribution in [-0.4, -0.2) is 40.9 Å². The number of nitro benzene ring substituents is 2. The van der Waals surface area contributed by atoms with Gasteiger partial charge in [-0.1, -0.05) is 39.8 Å². The fraction of sp³-hybridized carbons (Fsp3) is 0.480. The molecule has 10 nitrogen and oxygen atoms in total. The predicted molar refractivity (Wildman–Crippen MR) is 140 cm³/mol. The van der Waals surface area contributed by atoms with Crippen LogP contribution in [0, 0.1) is 34.1 Å². The number of benzene rings is 2. The van der Waals surface area contributed by atoms with Crippen molar-refractivity contribution in [3.05, 3.63) is 67.3 Å². The molecular formula is C25H37N5O5. The van der Waals surface area contributed by atoms with Crippen molar-refractivity contribution < 1.29 is 14.6 Å². The largest absolute Gasteiger partial charge is 0.371 e. The summed E-state index contributed by atoms with van der Waals surface area (Å²) in [6.45, 7) is 11.4. The van der Waals surface area contributed by atoms with Gasteiger partial charge in [-0.25, -0.2) is 4.79 Å². The first-order valence-corrected chi connectivity index (χ1v) is 11.6. The summed E-state index contributed by atoms with van der Waals surface area (Å²) in [5, 5.41) is 28.2. The first kappa shape index (κ1) is 29.3. The number of carbonyl (C=O) groups is 1. The van der Waals surface area contributed by atoms with Gasteiger partial charge in [0.15, 0.2) is 5.69 Å². The number of nitrogens with zero attached hydrogens (tertiary/aromatic N) is 3. The normalized spacial score (nSPS) is 10.5. The van der Waals surface area contributed by atoms with Gasteiger partial charge >= 0.3 is 11.7 Å². The zero-order valence-electron chi connectivity index (χ0n) is 21.8. The van der Waals surface area contributed by atoms with Gasteiger partial charge in [0.1, 0.15) is 0 Å². The van der Waals surface area contributed by atoms with E-state index in [1.807, 2.05) is 38.1 Å². The lowest BCUT2D eigenvalue weighted by Crippen LogP contribution is -2.27. The van der Waals surface area contributed by atoms with Gasteiger partial charge in [0.25, 0.3) is 5.69 Å². The monoisotopic (exact) mass is 487 g/mol. The summed E-state index contributed by atoms with van der Waals surface area (Å²) in [6, 6.07) is 9.17. The van der Waals surface area contributed by atoms with E-state index in [1.165, 1.54) is 16.5 Å². The third kappa shape index (κ3) is 8.24. The first-order valence-electron chi connectivity index (χ1n) is 11.6. The molecule has 0 unspecified atom stereocenters. The van der Waals surface area contributed by atoms with Crippen molar-refractivity contribution in [3.63, 3.8) is 0 Å². The molecule has 0 atom stereocenters. The molecule has 0 fully saturated rings. The average Bonchev–Trinajstić information content (AvgIpc) is 2.79. The Morgan fingerprint density at radius 2 is 1.54 bits per heavy atom. The lowest BCUT2D eigenvalue weighted by molar-refractivity contribution is -0.392. The number of hydrogen-bond donors (Lipinski definition) is 2. The van der Waals surface area contributed by atoms with Gasteiger partial charge in [-0.05, 0) is 55.9 Å². The lowest BCUT2D eigenvalue weighted by Gasteiger charge is -2.17. The Hall–Kier alpha value is -3.69. The van der Waals surface area contributed by atoms with Crippen molar-refractivity contribution in [3.8, 4) is 0 Å². The van der Waals surface area contributed by atoms with Crippen LogP contribution in [0.25, 0.3) is 0 Å². The highest BCUT2D eigenvalue weighted by molar-refractivity contribution is 5.88. The molecule has 2 aromatic rings. The number of aryl methyl sites for hydroxylation is 1. The summed E-state index contributed by atoms with van der Waals surface area (Å²) in [5.41, 5.74) is 2.66. The molecule has 0 radical (unpaired) electrons. The second-order valence-corrected chi connectivity index (χ2v) is 8.83. The molecule has 2 aromatic carbocycles. The molecule has 0 spiro atoms. The summed E-state index contributed by atoms with van der Waals surface area (Å²) < 4.78 is 0. The average molecular weight is 488 g/mol. The Kier molecular flexibility index (Phi) is 11.1. The van der Waals surface area contributed by atoms with Crippen molar-refractivity contribution in [1.29, 1.82) is 0 Å². The van der Waals surface area contributed by atoms with E-state index in [2.05, 4.69) is 24.5 Å².